The van der Waals surface area contributed by atoms with Crippen LogP contribution in [0.25, 0.3) is 10.9 Å². The van der Waals surface area contributed by atoms with Crippen LogP contribution in [0.4, 0.5) is 5.69 Å². The van der Waals surface area contributed by atoms with Crippen molar-refractivity contribution in [2.75, 3.05) is 0 Å². The fraction of sp³-hybridized carbons (Fsp3) is 0.0455. The van der Waals surface area contributed by atoms with Crippen molar-refractivity contribution in [1.29, 1.82) is 0 Å². The van der Waals surface area contributed by atoms with Gasteiger partial charge in [0, 0.05) is 41.7 Å². The second-order valence-electron chi connectivity index (χ2n) is 6.69. The van der Waals surface area contributed by atoms with Gasteiger partial charge in [-0.05, 0) is 48.0 Å². The average molecular weight is 435 g/mol. The third-order valence-corrected chi connectivity index (χ3v) is 5.11. The highest BCUT2D eigenvalue weighted by molar-refractivity contribution is 6.35. The number of carbonyl (C=O) groups is 1. The van der Waals surface area contributed by atoms with Crippen LogP contribution in [-0.4, -0.2) is 25.9 Å². The molecular weight excluding hydrogens is 420 g/mol. The summed E-state index contributed by atoms with van der Waals surface area (Å²) < 4.78 is 0. The molecule has 2 heterocycles. The smallest absolute Gasteiger partial charge is 0.269 e. The molecule has 0 bridgehead atoms. The monoisotopic (exact) mass is 434 g/mol. The predicted octanol–water partition coefficient (Wildman–Crippen LogP) is 4.42. The van der Waals surface area contributed by atoms with Crippen molar-refractivity contribution < 1.29 is 14.8 Å². The number of nitrogens with one attached hydrogen (secondary N) is 1. The number of carbonyl (C=O) groups excluding carboxylic acids is 1. The fourth-order valence-electron chi connectivity index (χ4n) is 3.27. The van der Waals surface area contributed by atoms with Crippen molar-refractivity contribution in [3.8, 4) is 5.75 Å². The molecule has 0 saturated carbocycles. The van der Waals surface area contributed by atoms with E-state index in [2.05, 4.69) is 15.3 Å². The van der Waals surface area contributed by atoms with E-state index in [0.29, 0.717) is 27.1 Å². The third-order valence-electron chi connectivity index (χ3n) is 4.79. The number of phenolic OH excluding ortho intramolecular Hbond substituents is 1. The molecule has 9 heteroatoms. The molecule has 0 spiro atoms. The second kappa shape index (κ2) is 8.37. The van der Waals surface area contributed by atoms with E-state index in [1.165, 1.54) is 36.7 Å². The number of non-ortho nitro benzene ring substituents is 1. The van der Waals surface area contributed by atoms with Gasteiger partial charge in [0.25, 0.3) is 11.6 Å². The van der Waals surface area contributed by atoms with Crippen LogP contribution < -0.4 is 5.32 Å². The number of benzene rings is 2. The van der Waals surface area contributed by atoms with Crippen molar-refractivity contribution >= 4 is 34.1 Å². The highest BCUT2D eigenvalue weighted by Gasteiger charge is 2.24. The Morgan fingerprint density at radius 2 is 1.87 bits per heavy atom. The van der Waals surface area contributed by atoms with Gasteiger partial charge in [0.15, 0.2) is 0 Å². The van der Waals surface area contributed by atoms with E-state index in [-0.39, 0.29) is 17.0 Å². The minimum absolute atomic E-state index is 0.0940. The van der Waals surface area contributed by atoms with Crippen LogP contribution in [0.15, 0.2) is 73.2 Å². The topological polar surface area (TPSA) is 118 Å². The summed E-state index contributed by atoms with van der Waals surface area (Å²) >= 11 is 6.42. The first kappa shape index (κ1) is 20.2. The first-order chi connectivity index (χ1) is 15.0. The summed E-state index contributed by atoms with van der Waals surface area (Å²) in [6.45, 7) is 0. The van der Waals surface area contributed by atoms with E-state index >= 15 is 0 Å². The zero-order valence-corrected chi connectivity index (χ0v) is 16.7. The maximum atomic E-state index is 12.8. The lowest BCUT2D eigenvalue weighted by Gasteiger charge is -2.22. The molecule has 4 rings (SSSR count). The number of phenols is 1. The molecule has 0 aliphatic heterocycles. The molecule has 2 N–H and O–H groups in total. The first-order valence-electron chi connectivity index (χ1n) is 9.17. The van der Waals surface area contributed by atoms with Crippen molar-refractivity contribution in [3.05, 3.63) is 105 Å². The van der Waals surface area contributed by atoms with Crippen LogP contribution in [0.1, 0.15) is 27.5 Å². The van der Waals surface area contributed by atoms with Crippen molar-refractivity contribution in [2.45, 2.75) is 6.04 Å². The van der Waals surface area contributed by atoms with Gasteiger partial charge < -0.3 is 10.4 Å². The number of fused-ring (bicyclic) bond motifs is 1. The molecule has 31 heavy (non-hydrogen) atoms. The highest BCUT2D eigenvalue weighted by Crippen LogP contribution is 2.38. The number of pyridine rings is 2. The van der Waals surface area contributed by atoms with Crippen molar-refractivity contribution in [3.63, 3.8) is 0 Å². The molecular formula is C22H15ClN4O4. The molecule has 8 nitrogen and oxygen atoms in total. The molecule has 0 aliphatic carbocycles. The highest BCUT2D eigenvalue weighted by atomic mass is 35.5. The quantitative estimate of drug-likeness (QED) is 0.354. The van der Waals surface area contributed by atoms with Crippen LogP contribution in [-0.2, 0) is 0 Å². The number of nitro benzene ring substituents is 1. The van der Waals surface area contributed by atoms with E-state index in [4.69, 9.17) is 11.6 Å². The van der Waals surface area contributed by atoms with Gasteiger partial charge in [0.2, 0.25) is 0 Å². The van der Waals surface area contributed by atoms with Gasteiger partial charge in [0.05, 0.1) is 21.6 Å². The third kappa shape index (κ3) is 4.01. The lowest BCUT2D eigenvalue weighted by molar-refractivity contribution is -0.384. The van der Waals surface area contributed by atoms with E-state index < -0.39 is 16.9 Å². The number of hydrogen-bond acceptors (Lipinski definition) is 6. The Bertz CT molecular complexity index is 1280. The molecule has 154 valence electrons. The number of aromatic hydroxyl groups is 1. The fourth-order valence-corrected chi connectivity index (χ4v) is 3.54. The zero-order chi connectivity index (χ0) is 22.0. The van der Waals surface area contributed by atoms with Gasteiger partial charge in [-0.15, -0.1) is 0 Å². The number of hydrogen-bond donors (Lipinski definition) is 2. The van der Waals surface area contributed by atoms with Gasteiger partial charge in [-0.2, -0.15) is 0 Å². The number of halogens is 1. The number of aromatic nitrogens is 2. The maximum Gasteiger partial charge on any atom is 0.269 e. The SMILES string of the molecule is O=C(N[C@H](c1ccc([N+](=O)[O-])cc1)c1cc(Cl)c2cccnc2c1O)c1cccnc1. The van der Waals surface area contributed by atoms with Crippen LogP contribution in [0.3, 0.4) is 0 Å². The van der Waals surface area contributed by atoms with Gasteiger partial charge in [-0.3, -0.25) is 24.9 Å². The molecule has 2 aromatic carbocycles. The van der Waals surface area contributed by atoms with E-state index in [1.54, 1.807) is 36.5 Å². The lowest BCUT2D eigenvalue weighted by Crippen LogP contribution is -2.29. The Hall–Kier alpha value is -4.04. The molecule has 2 aromatic heterocycles. The first-order valence-corrected chi connectivity index (χ1v) is 9.55. The maximum absolute atomic E-state index is 12.8. The molecule has 0 aliphatic rings. The summed E-state index contributed by atoms with van der Waals surface area (Å²) in [5, 5.41) is 25.7. The summed E-state index contributed by atoms with van der Waals surface area (Å²) in [6, 6.07) is 13.0. The second-order valence-corrected chi connectivity index (χ2v) is 7.10. The molecule has 1 atom stereocenters. The van der Waals surface area contributed by atoms with Gasteiger partial charge in [-0.1, -0.05) is 11.6 Å². The van der Waals surface area contributed by atoms with E-state index in [1.807, 2.05) is 0 Å². The Morgan fingerprint density at radius 1 is 1.13 bits per heavy atom. The largest absolute Gasteiger partial charge is 0.505 e. The average Bonchev–Trinajstić information content (AvgIpc) is 2.80. The summed E-state index contributed by atoms with van der Waals surface area (Å²) in [5.74, 6) is -0.581. The van der Waals surface area contributed by atoms with E-state index in [0.717, 1.165) is 0 Å². The molecule has 0 saturated heterocycles. The van der Waals surface area contributed by atoms with E-state index in [9.17, 15) is 20.0 Å². The summed E-state index contributed by atoms with van der Waals surface area (Å²) in [4.78, 5) is 31.5. The number of nitro groups is 1. The van der Waals surface area contributed by atoms with Gasteiger partial charge >= 0.3 is 0 Å². The minimum Gasteiger partial charge on any atom is -0.505 e. The summed E-state index contributed by atoms with van der Waals surface area (Å²) in [5.41, 5.74) is 1.33. The molecule has 1 amide bonds. The van der Waals surface area contributed by atoms with Crippen LogP contribution >= 0.6 is 11.6 Å². The standard InChI is InChI=1S/C22H15ClN4O4/c23-18-11-17(21(28)20-16(18)4-2-10-25-20)19(13-5-7-15(8-6-13)27(30)31)26-22(29)14-3-1-9-24-12-14/h1-12,19,28H,(H,26,29)/t19-/m1/s1. The van der Waals surface area contributed by atoms with Crippen LogP contribution in [0.5, 0.6) is 5.75 Å². The minimum atomic E-state index is -0.850. The van der Waals surface area contributed by atoms with Crippen molar-refractivity contribution in [1.82, 2.24) is 15.3 Å². The summed E-state index contributed by atoms with van der Waals surface area (Å²) in [6.07, 6.45) is 4.49. The Morgan fingerprint density at radius 3 is 2.55 bits per heavy atom. The van der Waals surface area contributed by atoms with Crippen LogP contribution in [0.2, 0.25) is 5.02 Å². The molecule has 0 unspecified atom stereocenters. The normalized spacial score (nSPS) is 11.8. The Kier molecular flexibility index (Phi) is 5.46. The van der Waals surface area contributed by atoms with Gasteiger partial charge in [0.1, 0.15) is 11.3 Å². The van der Waals surface area contributed by atoms with Gasteiger partial charge in [-0.25, -0.2) is 0 Å². The Balaban J connectivity index is 1.84. The number of amides is 1. The zero-order valence-electron chi connectivity index (χ0n) is 15.9. The molecule has 4 aromatic rings. The lowest BCUT2D eigenvalue weighted by atomic mass is 9.95. The Labute approximate surface area is 181 Å². The number of rotatable bonds is 5. The van der Waals surface area contributed by atoms with Crippen molar-refractivity contribution in [2.24, 2.45) is 0 Å². The summed E-state index contributed by atoms with van der Waals surface area (Å²) in [7, 11) is 0. The molecule has 0 radical (unpaired) electrons. The van der Waals surface area contributed by atoms with Crippen LogP contribution in [0, 0.1) is 10.1 Å². The molecule has 0 fully saturated rings. The number of nitrogens with zero attached hydrogens (tertiary/aromatic N) is 3. The predicted molar refractivity (Wildman–Crippen MR) is 115 cm³/mol.